The summed E-state index contributed by atoms with van der Waals surface area (Å²) in [5.74, 6) is 0. The van der Waals surface area contributed by atoms with Gasteiger partial charge in [0.2, 0.25) is 0 Å². The lowest BCUT2D eigenvalue weighted by molar-refractivity contribution is 0.103. The molecule has 0 atom stereocenters. The fourth-order valence-corrected chi connectivity index (χ4v) is 0.966. The molecule has 0 radical (unpaired) electrons. The molecule has 1 heterocycles. The van der Waals surface area contributed by atoms with Crippen molar-refractivity contribution in [3.63, 3.8) is 0 Å². The number of carbonyl (C=O) groups excluding carboxylic acids is 1. The predicted molar refractivity (Wildman–Crippen MR) is 35.0 cm³/mol. The smallest absolute Gasteiger partial charge is 0.342 e. The molecule has 11 heavy (non-hydrogen) atoms. The maximum Gasteiger partial charge on any atom is 0.398 e. The predicted octanol–water partition coefficient (Wildman–Crippen LogP) is -0.272. The van der Waals surface area contributed by atoms with Crippen molar-refractivity contribution < 1.29 is 19.1 Å². The first-order valence-electron chi connectivity index (χ1n) is 2.60. The van der Waals surface area contributed by atoms with Crippen molar-refractivity contribution in [2.75, 3.05) is 0 Å². The molecule has 3 N–H and O–H groups in total. The topological polar surface area (TPSA) is 103 Å². The molecule has 0 amide bonds. The molecule has 0 saturated heterocycles. The minimum absolute atomic E-state index is 0.182. The summed E-state index contributed by atoms with van der Waals surface area (Å²) in [6.45, 7) is 0. The van der Waals surface area contributed by atoms with Crippen LogP contribution >= 0.6 is 7.60 Å². The van der Waals surface area contributed by atoms with Crippen molar-refractivity contribution in [2.24, 2.45) is 0 Å². The Hall–Kier alpha value is -0.970. The van der Waals surface area contributed by atoms with E-state index in [1.54, 1.807) is 0 Å². The Morgan fingerprint density at radius 1 is 1.64 bits per heavy atom. The van der Waals surface area contributed by atoms with Gasteiger partial charge in [0, 0.05) is 0 Å². The van der Waals surface area contributed by atoms with E-state index >= 15 is 0 Å². The molecule has 0 aliphatic heterocycles. The van der Waals surface area contributed by atoms with Crippen molar-refractivity contribution >= 4 is 13.1 Å². The molecule has 0 saturated carbocycles. The fourth-order valence-electron chi connectivity index (χ4n) is 0.530. The number of aromatic amines is 1. The molecule has 0 aliphatic rings. The highest BCUT2D eigenvalue weighted by Gasteiger charge is 2.28. The van der Waals surface area contributed by atoms with E-state index in [0.717, 1.165) is 6.20 Å². The number of hydrogen-bond acceptors (Lipinski definition) is 3. The summed E-state index contributed by atoms with van der Waals surface area (Å²) in [4.78, 5) is 33.2. The lowest BCUT2D eigenvalue weighted by Crippen LogP contribution is -1.99. The first-order chi connectivity index (χ1) is 5.02. The molecule has 6 nitrogen and oxygen atoms in total. The molecule has 0 bridgehead atoms. The van der Waals surface area contributed by atoms with Crippen molar-refractivity contribution in [3.05, 3.63) is 18.2 Å². The molecule has 0 unspecified atom stereocenters. The van der Waals surface area contributed by atoms with Gasteiger partial charge in [-0.2, -0.15) is 0 Å². The van der Waals surface area contributed by atoms with Crippen LogP contribution in [0.3, 0.4) is 0 Å². The fraction of sp³-hybridized carbons (Fsp3) is 0. The molecular formula is C4H5N2O4P. The van der Waals surface area contributed by atoms with Crippen LogP contribution in [0, 0.1) is 0 Å². The number of nitrogens with one attached hydrogen (secondary N) is 1. The van der Waals surface area contributed by atoms with Crippen LogP contribution in [0.5, 0.6) is 0 Å². The van der Waals surface area contributed by atoms with Gasteiger partial charge < -0.3 is 14.8 Å². The second-order valence-electron chi connectivity index (χ2n) is 1.81. The average Bonchev–Trinajstić information content (AvgIpc) is 2.34. The van der Waals surface area contributed by atoms with E-state index in [4.69, 9.17) is 9.79 Å². The quantitative estimate of drug-likeness (QED) is 0.538. The van der Waals surface area contributed by atoms with E-state index in [1.807, 2.05) is 0 Å². The lowest BCUT2D eigenvalue weighted by Gasteiger charge is -1.97. The van der Waals surface area contributed by atoms with Gasteiger partial charge >= 0.3 is 7.60 Å². The van der Waals surface area contributed by atoms with Crippen LogP contribution in [0.2, 0.25) is 0 Å². The van der Waals surface area contributed by atoms with Crippen LogP contribution in [0.25, 0.3) is 0 Å². The summed E-state index contributed by atoms with van der Waals surface area (Å²) in [6.07, 6.45) is 2.23. The Morgan fingerprint density at radius 2 is 2.27 bits per heavy atom. The zero-order chi connectivity index (χ0) is 8.48. The van der Waals surface area contributed by atoms with Crippen molar-refractivity contribution in [3.8, 4) is 0 Å². The van der Waals surface area contributed by atoms with E-state index in [0.29, 0.717) is 0 Å². The van der Waals surface area contributed by atoms with E-state index in [2.05, 4.69) is 9.97 Å². The zero-order valence-electron chi connectivity index (χ0n) is 5.26. The molecular weight excluding hydrogens is 171 g/mol. The standard InChI is InChI=1S/C4H5N2O4P/c7-4(11(8,9)10)3-1-5-2-6-3/h1-2H,(H,5,6)(H2,8,9,10). The zero-order valence-corrected chi connectivity index (χ0v) is 6.15. The maximum absolute atomic E-state index is 10.7. The maximum atomic E-state index is 10.7. The number of imidazole rings is 1. The average molecular weight is 176 g/mol. The molecule has 1 aromatic rings. The van der Waals surface area contributed by atoms with Gasteiger partial charge in [-0.3, -0.25) is 9.36 Å². The van der Waals surface area contributed by atoms with Gasteiger partial charge in [0.05, 0.1) is 12.5 Å². The van der Waals surface area contributed by atoms with E-state index < -0.39 is 13.1 Å². The summed E-state index contributed by atoms with van der Waals surface area (Å²) in [7, 11) is -4.66. The van der Waals surface area contributed by atoms with Gasteiger partial charge in [0.15, 0.2) is 0 Å². The van der Waals surface area contributed by atoms with Gasteiger partial charge in [-0.1, -0.05) is 0 Å². The van der Waals surface area contributed by atoms with Crippen LogP contribution in [-0.4, -0.2) is 25.3 Å². The minimum atomic E-state index is -4.66. The molecule has 0 aliphatic carbocycles. The molecule has 1 aromatic heterocycles. The number of rotatable bonds is 2. The Kier molecular flexibility index (Phi) is 1.90. The van der Waals surface area contributed by atoms with Crippen molar-refractivity contribution in [2.45, 2.75) is 0 Å². The van der Waals surface area contributed by atoms with Gasteiger partial charge in [-0.15, -0.1) is 0 Å². The Labute approximate surface area is 61.4 Å². The highest BCUT2D eigenvalue weighted by molar-refractivity contribution is 7.70. The number of H-pyrrole nitrogens is 1. The summed E-state index contributed by atoms with van der Waals surface area (Å²) >= 11 is 0. The Morgan fingerprint density at radius 3 is 2.64 bits per heavy atom. The van der Waals surface area contributed by atoms with Crippen molar-refractivity contribution in [1.82, 2.24) is 9.97 Å². The first-order valence-corrected chi connectivity index (χ1v) is 4.22. The minimum Gasteiger partial charge on any atom is -0.342 e. The van der Waals surface area contributed by atoms with E-state index in [9.17, 15) is 9.36 Å². The van der Waals surface area contributed by atoms with Gasteiger partial charge in [-0.05, 0) is 0 Å². The number of hydrogen-bond donors (Lipinski definition) is 3. The van der Waals surface area contributed by atoms with Gasteiger partial charge in [0.1, 0.15) is 5.69 Å². The van der Waals surface area contributed by atoms with Crippen molar-refractivity contribution in [1.29, 1.82) is 0 Å². The van der Waals surface area contributed by atoms with E-state index in [1.165, 1.54) is 6.33 Å². The SMILES string of the molecule is O=C(c1cnc[nH]1)P(=O)(O)O. The molecule has 1 rings (SSSR count). The normalized spacial score (nSPS) is 11.5. The third-order valence-electron chi connectivity index (χ3n) is 0.993. The summed E-state index contributed by atoms with van der Waals surface area (Å²) in [5.41, 5.74) is -1.42. The van der Waals surface area contributed by atoms with Crippen LogP contribution in [0.15, 0.2) is 12.5 Å². The van der Waals surface area contributed by atoms with E-state index in [-0.39, 0.29) is 5.69 Å². The van der Waals surface area contributed by atoms with Gasteiger partial charge in [0.25, 0.3) is 5.52 Å². The van der Waals surface area contributed by atoms with Crippen LogP contribution in [-0.2, 0) is 4.57 Å². The Bertz CT molecular complexity index is 300. The van der Waals surface area contributed by atoms with Crippen LogP contribution in [0.4, 0.5) is 0 Å². The largest absolute Gasteiger partial charge is 0.398 e. The highest BCUT2D eigenvalue weighted by Crippen LogP contribution is 2.37. The molecule has 0 aromatic carbocycles. The number of nitrogens with zero attached hydrogens (tertiary/aromatic N) is 1. The van der Waals surface area contributed by atoms with Crippen LogP contribution in [0.1, 0.15) is 10.5 Å². The molecule has 0 spiro atoms. The third-order valence-corrected chi connectivity index (χ3v) is 1.76. The third kappa shape index (κ3) is 1.74. The Balaban J connectivity index is 2.97. The molecule has 0 fully saturated rings. The molecule has 7 heteroatoms. The molecule has 60 valence electrons. The monoisotopic (exact) mass is 176 g/mol. The highest BCUT2D eigenvalue weighted by atomic mass is 31.2. The number of carbonyl (C=O) groups is 1. The second kappa shape index (κ2) is 2.58. The summed E-state index contributed by atoms with van der Waals surface area (Å²) in [6, 6.07) is 0. The summed E-state index contributed by atoms with van der Waals surface area (Å²) < 4.78 is 10.3. The van der Waals surface area contributed by atoms with Crippen LogP contribution < -0.4 is 0 Å². The van der Waals surface area contributed by atoms with Gasteiger partial charge in [-0.25, -0.2) is 4.98 Å². The first kappa shape index (κ1) is 8.13. The second-order valence-corrected chi connectivity index (χ2v) is 3.31. The summed E-state index contributed by atoms with van der Waals surface area (Å²) in [5, 5.41) is 0. The number of aromatic nitrogens is 2. The lowest BCUT2D eigenvalue weighted by atomic mass is 10.5.